The molecule has 9 nitrogen and oxygen atoms in total. The predicted molar refractivity (Wildman–Crippen MR) is 152 cm³/mol. The van der Waals surface area contributed by atoms with Crippen LogP contribution in [0.25, 0.3) is 22.0 Å². The largest absolute Gasteiger partial charge is 0.350 e. The average molecular weight is 539 g/mol. The summed E-state index contributed by atoms with van der Waals surface area (Å²) in [6, 6.07) is 14.6. The van der Waals surface area contributed by atoms with E-state index in [9.17, 15) is 14.4 Å². The maximum Gasteiger partial charge on any atom is 0.245 e. The summed E-state index contributed by atoms with van der Waals surface area (Å²) < 4.78 is 1.57. The lowest BCUT2D eigenvalue weighted by atomic mass is 9.84. The number of amides is 2. The van der Waals surface area contributed by atoms with Crippen molar-refractivity contribution in [1.82, 2.24) is 30.0 Å². The van der Waals surface area contributed by atoms with Gasteiger partial charge in [0.25, 0.3) is 0 Å². The van der Waals surface area contributed by atoms with Gasteiger partial charge in [-0.05, 0) is 48.9 Å². The normalized spacial score (nSPS) is 18.2. The van der Waals surface area contributed by atoms with Gasteiger partial charge >= 0.3 is 0 Å². The molecule has 1 saturated heterocycles. The van der Waals surface area contributed by atoms with Gasteiger partial charge in [-0.15, -0.1) is 0 Å². The molecule has 3 heterocycles. The molecule has 0 spiro atoms. The highest BCUT2D eigenvalue weighted by atomic mass is 16.2. The number of carbonyl (C=O) groups excluding carboxylic acids is 3. The Bertz CT molecular complexity index is 1580. The molecule has 0 radical (unpaired) electrons. The minimum atomic E-state index is -0.594. The monoisotopic (exact) mass is 538 g/mol. The van der Waals surface area contributed by atoms with Crippen molar-refractivity contribution < 1.29 is 14.4 Å². The topological polar surface area (TPSA) is 110 Å². The van der Waals surface area contributed by atoms with Crippen LogP contribution in [-0.4, -0.2) is 54.3 Å². The standard InChI is InChI=1S/C31H34N6O3/c1-19(38)29-25-13-23(24-16-32-21(3)33-17-24)11-12-26(25)36(35-29)18-28(39)37-20(2)31(4,5)14-27(37)30(40)34-15-22-9-7-6-8-10-22/h6-13,16-17,20,27H,14-15,18H2,1-5H3,(H,34,40)/t20-,27+/m1/s1. The van der Waals surface area contributed by atoms with Crippen LogP contribution >= 0.6 is 0 Å². The second kappa shape index (κ2) is 10.6. The molecule has 5 rings (SSSR count). The molecule has 0 bridgehead atoms. The second-order valence-corrected chi connectivity index (χ2v) is 11.2. The predicted octanol–water partition coefficient (Wildman–Crippen LogP) is 4.34. The number of hydrogen-bond donors (Lipinski definition) is 1. The Morgan fingerprint density at radius 2 is 1.73 bits per heavy atom. The third kappa shape index (κ3) is 5.23. The first-order chi connectivity index (χ1) is 19.0. The Kier molecular flexibility index (Phi) is 7.23. The number of nitrogens with zero attached hydrogens (tertiary/aromatic N) is 5. The van der Waals surface area contributed by atoms with Gasteiger partial charge in [0.2, 0.25) is 11.8 Å². The minimum absolute atomic E-state index is 0.0837. The molecule has 1 aliphatic heterocycles. The fourth-order valence-corrected chi connectivity index (χ4v) is 5.42. The van der Waals surface area contributed by atoms with E-state index < -0.39 is 6.04 Å². The Hall–Kier alpha value is -4.40. The van der Waals surface area contributed by atoms with E-state index in [4.69, 9.17) is 0 Å². The van der Waals surface area contributed by atoms with Crippen LogP contribution in [0.15, 0.2) is 60.9 Å². The Labute approximate surface area is 233 Å². The number of likely N-dealkylation sites (tertiary alicyclic amines) is 1. The molecule has 1 N–H and O–H groups in total. The fraction of sp³-hybridized carbons (Fsp3) is 0.355. The van der Waals surface area contributed by atoms with Crippen LogP contribution in [0.4, 0.5) is 0 Å². The van der Waals surface area contributed by atoms with Crippen molar-refractivity contribution >= 4 is 28.5 Å². The van der Waals surface area contributed by atoms with Gasteiger partial charge in [-0.1, -0.05) is 50.2 Å². The van der Waals surface area contributed by atoms with E-state index in [1.54, 1.807) is 22.0 Å². The van der Waals surface area contributed by atoms with Crippen LogP contribution in [0.2, 0.25) is 0 Å². The second-order valence-electron chi connectivity index (χ2n) is 11.2. The number of fused-ring (bicyclic) bond motifs is 1. The lowest BCUT2D eigenvalue weighted by Gasteiger charge is -2.31. The maximum absolute atomic E-state index is 13.8. The lowest BCUT2D eigenvalue weighted by molar-refractivity contribution is -0.141. The van der Waals surface area contributed by atoms with Crippen molar-refractivity contribution in [3.8, 4) is 11.1 Å². The van der Waals surface area contributed by atoms with Crippen LogP contribution < -0.4 is 5.32 Å². The van der Waals surface area contributed by atoms with Gasteiger partial charge in [-0.3, -0.25) is 19.1 Å². The Morgan fingerprint density at radius 3 is 2.40 bits per heavy atom. The van der Waals surface area contributed by atoms with Gasteiger partial charge < -0.3 is 10.2 Å². The summed E-state index contributed by atoms with van der Waals surface area (Å²) in [5.41, 5.74) is 3.40. The summed E-state index contributed by atoms with van der Waals surface area (Å²) in [6.07, 6.45) is 4.04. The van der Waals surface area contributed by atoms with Gasteiger partial charge in [0.05, 0.1) is 5.52 Å². The molecule has 4 aromatic rings. The molecule has 9 heteroatoms. The van der Waals surface area contributed by atoms with E-state index in [1.807, 2.05) is 62.4 Å². The SMILES string of the molecule is CC(=O)c1nn(CC(=O)N2[C@H](C(=O)NCc3ccccc3)CC(C)(C)[C@H]2C)c2ccc(-c3cnc(C)nc3)cc12. The zero-order chi connectivity index (χ0) is 28.6. The van der Waals surface area contributed by atoms with Crippen molar-refractivity contribution in [3.05, 3.63) is 78.0 Å². The molecule has 0 unspecified atom stereocenters. The highest BCUT2D eigenvalue weighted by Crippen LogP contribution is 2.40. The van der Waals surface area contributed by atoms with Gasteiger partial charge in [-0.25, -0.2) is 9.97 Å². The first-order valence-electron chi connectivity index (χ1n) is 13.5. The number of nitrogens with one attached hydrogen (secondary N) is 1. The Balaban J connectivity index is 1.42. The van der Waals surface area contributed by atoms with E-state index in [2.05, 4.69) is 34.2 Å². The zero-order valence-electron chi connectivity index (χ0n) is 23.5. The van der Waals surface area contributed by atoms with E-state index in [-0.39, 0.29) is 35.6 Å². The Morgan fingerprint density at radius 1 is 1.02 bits per heavy atom. The third-order valence-corrected chi connectivity index (χ3v) is 7.99. The molecule has 2 amide bonds. The maximum atomic E-state index is 13.8. The van der Waals surface area contributed by atoms with Crippen molar-refractivity contribution in [2.24, 2.45) is 5.41 Å². The number of carbonyl (C=O) groups is 3. The molecule has 0 saturated carbocycles. The van der Waals surface area contributed by atoms with E-state index in [1.165, 1.54) is 6.92 Å². The highest BCUT2D eigenvalue weighted by Gasteiger charge is 2.49. The van der Waals surface area contributed by atoms with Gasteiger partial charge in [0, 0.05) is 42.9 Å². The summed E-state index contributed by atoms with van der Waals surface area (Å²) in [4.78, 5) is 49.9. The number of aromatic nitrogens is 4. The number of rotatable bonds is 7. The van der Waals surface area contributed by atoms with Crippen LogP contribution in [0.5, 0.6) is 0 Å². The molecule has 1 fully saturated rings. The fourth-order valence-electron chi connectivity index (χ4n) is 5.42. The van der Waals surface area contributed by atoms with Crippen molar-refractivity contribution in [2.75, 3.05) is 0 Å². The van der Waals surface area contributed by atoms with Crippen molar-refractivity contribution in [2.45, 2.75) is 66.2 Å². The molecular formula is C31H34N6O3. The van der Waals surface area contributed by atoms with Crippen LogP contribution in [0.1, 0.15) is 56.0 Å². The zero-order valence-corrected chi connectivity index (χ0v) is 23.5. The molecule has 2 atom stereocenters. The van der Waals surface area contributed by atoms with E-state index in [0.717, 1.165) is 16.7 Å². The van der Waals surface area contributed by atoms with Gasteiger partial charge in [0.15, 0.2) is 5.78 Å². The quantitative estimate of drug-likeness (QED) is 0.351. The molecule has 2 aromatic carbocycles. The van der Waals surface area contributed by atoms with Crippen molar-refractivity contribution in [1.29, 1.82) is 0 Å². The van der Waals surface area contributed by atoms with Crippen molar-refractivity contribution in [3.63, 3.8) is 0 Å². The summed E-state index contributed by atoms with van der Waals surface area (Å²) >= 11 is 0. The highest BCUT2D eigenvalue weighted by molar-refractivity contribution is 6.06. The molecule has 40 heavy (non-hydrogen) atoms. The number of Topliss-reactive ketones (excluding diaryl/α,β-unsaturated/α-hetero) is 1. The van der Waals surface area contributed by atoms with Gasteiger partial charge in [-0.2, -0.15) is 5.10 Å². The number of aryl methyl sites for hydroxylation is 1. The average Bonchev–Trinajstić information content (AvgIpc) is 3.41. The summed E-state index contributed by atoms with van der Waals surface area (Å²) in [5.74, 6) is 0.0945. The van der Waals surface area contributed by atoms with Crippen LogP contribution in [-0.2, 0) is 22.7 Å². The molecule has 2 aromatic heterocycles. The first kappa shape index (κ1) is 27.2. The number of benzene rings is 2. The van der Waals surface area contributed by atoms with Crippen LogP contribution in [0.3, 0.4) is 0 Å². The molecule has 206 valence electrons. The molecule has 0 aliphatic carbocycles. The summed E-state index contributed by atoms with van der Waals surface area (Å²) in [7, 11) is 0. The molecular weight excluding hydrogens is 504 g/mol. The smallest absolute Gasteiger partial charge is 0.245 e. The van der Waals surface area contributed by atoms with Gasteiger partial charge in [0.1, 0.15) is 24.1 Å². The van der Waals surface area contributed by atoms with E-state index in [0.29, 0.717) is 35.4 Å². The third-order valence-electron chi connectivity index (χ3n) is 7.99. The summed E-state index contributed by atoms with van der Waals surface area (Å²) in [5, 5.41) is 8.21. The minimum Gasteiger partial charge on any atom is -0.350 e. The molecule has 1 aliphatic rings. The lowest BCUT2D eigenvalue weighted by Crippen LogP contribution is -2.49. The van der Waals surface area contributed by atoms with Crippen LogP contribution in [0, 0.1) is 12.3 Å². The van der Waals surface area contributed by atoms with E-state index >= 15 is 0 Å². The number of ketones is 1. The number of hydrogen-bond acceptors (Lipinski definition) is 6. The summed E-state index contributed by atoms with van der Waals surface area (Å²) in [6.45, 7) is 9.74. The first-order valence-corrected chi connectivity index (χ1v) is 13.5.